The molecule has 0 fully saturated rings. The van der Waals surface area contributed by atoms with E-state index in [2.05, 4.69) is 5.10 Å². The second-order valence-electron chi connectivity index (χ2n) is 5.10. The molecule has 0 unspecified atom stereocenters. The minimum atomic E-state index is -4.79. The summed E-state index contributed by atoms with van der Waals surface area (Å²) in [5, 5.41) is 5.40. The number of nitrogens with two attached hydrogens (primary N) is 1. The number of amides is 2. The van der Waals surface area contributed by atoms with Crippen LogP contribution in [0.25, 0.3) is 5.69 Å². The number of benzene rings is 1. The van der Waals surface area contributed by atoms with E-state index in [9.17, 15) is 35.9 Å². The molecule has 2 rings (SSSR count). The highest BCUT2D eigenvalue weighted by atomic mass is 19.4. The van der Waals surface area contributed by atoms with Crippen molar-refractivity contribution in [1.29, 1.82) is 0 Å². The van der Waals surface area contributed by atoms with Crippen LogP contribution in [0.1, 0.15) is 16.7 Å². The Bertz CT molecular complexity index is 841. The fraction of sp³-hybridized carbons (Fsp3) is 0.214. The molecule has 140 valence electrons. The van der Waals surface area contributed by atoms with E-state index in [1.165, 1.54) is 0 Å². The van der Waals surface area contributed by atoms with Crippen LogP contribution < -0.4 is 11.1 Å². The molecule has 0 aliphatic rings. The minimum absolute atomic E-state index is 0.117. The van der Waals surface area contributed by atoms with Gasteiger partial charge in [-0.15, -0.1) is 0 Å². The Kier molecular flexibility index (Phi) is 4.96. The first-order valence-corrected chi connectivity index (χ1v) is 6.79. The lowest BCUT2D eigenvalue weighted by Gasteiger charge is -2.13. The molecule has 0 aliphatic carbocycles. The van der Waals surface area contributed by atoms with Crippen LogP contribution in [0, 0.1) is 0 Å². The Hall–Kier alpha value is -3.05. The van der Waals surface area contributed by atoms with Gasteiger partial charge in [0.05, 0.1) is 23.0 Å². The highest BCUT2D eigenvalue weighted by Gasteiger charge is 2.33. The lowest BCUT2D eigenvalue weighted by Crippen LogP contribution is -2.35. The van der Waals surface area contributed by atoms with Crippen LogP contribution >= 0.6 is 0 Å². The van der Waals surface area contributed by atoms with Gasteiger partial charge in [-0.1, -0.05) is 0 Å². The van der Waals surface area contributed by atoms with Crippen LogP contribution in [0.2, 0.25) is 0 Å². The van der Waals surface area contributed by atoms with Crippen LogP contribution in [0.3, 0.4) is 0 Å². The fourth-order valence-corrected chi connectivity index (χ4v) is 1.95. The van der Waals surface area contributed by atoms with Crippen molar-refractivity contribution >= 4 is 11.8 Å². The van der Waals surface area contributed by atoms with E-state index in [0.29, 0.717) is 29.2 Å². The first kappa shape index (κ1) is 19.3. The topological polar surface area (TPSA) is 90.0 Å². The number of carbonyl (C=O) groups is 2. The van der Waals surface area contributed by atoms with Crippen molar-refractivity contribution in [2.75, 3.05) is 0 Å². The summed E-state index contributed by atoms with van der Waals surface area (Å²) in [6.07, 6.45) is -8.51. The van der Waals surface area contributed by atoms with Crippen LogP contribution in [0.15, 0.2) is 30.6 Å². The third-order valence-electron chi connectivity index (χ3n) is 3.16. The molecule has 1 heterocycles. The number of nitrogens with zero attached hydrogens (tertiary/aromatic N) is 2. The predicted octanol–water partition coefficient (Wildman–Crippen LogP) is 2.01. The summed E-state index contributed by atoms with van der Waals surface area (Å²) in [6, 6.07) is 2.37. The summed E-state index contributed by atoms with van der Waals surface area (Å²) >= 11 is 0. The maximum Gasteiger partial charge on any atom is 0.419 e. The number of rotatable bonds is 3. The maximum atomic E-state index is 13.0. The van der Waals surface area contributed by atoms with Crippen molar-refractivity contribution in [3.63, 3.8) is 0 Å². The monoisotopic (exact) mass is 380 g/mol. The van der Waals surface area contributed by atoms with Gasteiger partial charge in [0.2, 0.25) is 0 Å². The Morgan fingerprint density at radius 2 is 1.65 bits per heavy atom. The number of alkyl halides is 6. The molecule has 26 heavy (non-hydrogen) atoms. The van der Waals surface area contributed by atoms with Crippen LogP contribution in [0.5, 0.6) is 0 Å². The molecule has 0 radical (unpaired) electrons. The molecule has 0 bridgehead atoms. The summed E-state index contributed by atoms with van der Waals surface area (Å²) in [5.74, 6) is -2.55. The lowest BCUT2D eigenvalue weighted by atomic mass is 10.1. The van der Waals surface area contributed by atoms with E-state index >= 15 is 0 Å². The average Bonchev–Trinajstić information content (AvgIpc) is 3.01. The molecule has 3 N–H and O–H groups in total. The van der Waals surface area contributed by atoms with Crippen molar-refractivity contribution in [3.8, 4) is 5.69 Å². The van der Waals surface area contributed by atoms with Gasteiger partial charge in [-0.2, -0.15) is 31.4 Å². The number of carbonyl (C=O) groups excluding carboxylic acids is 2. The second-order valence-corrected chi connectivity index (χ2v) is 5.10. The Morgan fingerprint density at radius 3 is 2.15 bits per heavy atom. The summed E-state index contributed by atoms with van der Waals surface area (Å²) in [4.78, 5) is 21.8. The van der Waals surface area contributed by atoms with E-state index in [0.717, 1.165) is 6.07 Å². The van der Waals surface area contributed by atoms with Gasteiger partial charge in [-0.25, -0.2) is 4.68 Å². The zero-order chi connectivity index (χ0) is 19.7. The van der Waals surface area contributed by atoms with Crippen molar-refractivity contribution in [2.24, 2.45) is 5.73 Å². The Labute approximate surface area is 141 Å². The van der Waals surface area contributed by atoms with Gasteiger partial charge in [-0.05, 0) is 23.8 Å². The molecule has 2 amide bonds. The quantitative estimate of drug-likeness (QED) is 0.631. The van der Waals surface area contributed by atoms with E-state index in [1.807, 2.05) is 5.32 Å². The van der Waals surface area contributed by atoms with E-state index in [4.69, 9.17) is 5.73 Å². The van der Waals surface area contributed by atoms with Gasteiger partial charge < -0.3 is 11.1 Å². The zero-order valence-electron chi connectivity index (χ0n) is 12.6. The summed E-state index contributed by atoms with van der Waals surface area (Å²) in [7, 11) is 0. The third kappa shape index (κ3) is 4.52. The van der Waals surface area contributed by atoms with E-state index < -0.39 is 41.8 Å². The molecular weight excluding hydrogens is 370 g/mol. The molecule has 6 nitrogen and oxygen atoms in total. The predicted molar refractivity (Wildman–Crippen MR) is 74.6 cm³/mol. The van der Waals surface area contributed by atoms with Gasteiger partial charge >= 0.3 is 24.2 Å². The smallest absolute Gasteiger partial charge is 0.361 e. The van der Waals surface area contributed by atoms with Crippen LogP contribution in [0.4, 0.5) is 26.3 Å². The molecule has 12 heteroatoms. The minimum Gasteiger partial charge on any atom is -0.361 e. The molecule has 1 aromatic heterocycles. The molecule has 2 aromatic rings. The third-order valence-corrected chi connectivity index (χ3v) is 3.16. The van der Waals surface area contributed by atoms with Crippen molar-refractivity contribution < 1.29 is 35.9 Å². The first-order chi connectivity index (χ1) is 11.9. The maximum absolute atomic E-state index is 13.0. The van der Waals surface area contributed by atoms with Gasteiger partial charge in [0.1, 0.15) is 0 Å². The normalized spacial score (nSPS) is 12.1. The second kappa shape index (κ2) is 6.69. The number of hydrogen-bond donors (Lipinski definition) is 2. The highest BCUT2D eigenvalue weighted by Crippen LogP contribution is 2.33. The molecule has 1 aromatic carbocycles. The standard InChI is InChI=1S/C14H10F6N4O2/c15-13(16,17)8-1-7(4-22-12(26)11(21)25)2-10(3-8)24-6-9(5-23-24)14(18,19)20/h1-3,5-6H,4H2,(H2,21,25)(H,22,26). The van der Waals surface area contributed by atoms with Crippen LogP contribution in [-0.4, -0.2) is 21.6 Å². The molecule has 0 spiro atoms. The zero-order valence-corrected chi connectivity index (χ0v) is 12.6. The largest absolute Gasteiger partial charge is 0.419 e. The van der Waals surface area contributed by atoms with E-state index in [1.54, 1.807) is 0 Å². The summed E-state index contributed by atoms with van der Waals surface area (Å²) < 4.78 is 77.5. The summed E-state index contributed by atoms with van der Waals surface area (Å²) in [5.41, 5.74) is 1.98. The number of hydrogen-bond acceptors (Lipinski definition) is 3. The number of halogens is 6. The van der Waals surface area contributed by atoms with Gasteiger partial charge in [0, 0.05) is 12.7 Å². The highest BCUT2D eigenvalue weighted by molar-refractivity contribution is 6.34. The molecular formula is C14H10F6N4O2. The van der Waals surface area contributed by atoms with Gasteiger partial charge in [0.15, 0.2) is 0 Å². The van der Waals surface area contributed by atoms with Gasteiger partial charge in [0.25, 0.3) is 0 Å². The van der Waals surface area contributed by atoms with Crippen molar-refractivity contribution in [2.45, 2.75) is 18.9 Å². The Balaban J connectivity index is 2.42. The molecule has 0 saturated heterocycles. The SMILES string of the molecule is NC(=O)C(=O)NCc1cc(-n2cc(C(F)(F)F)cn2)cc(C(F)(F)F)c1. The average molecular weight is 380 g/mol. The van der Waals surface area contributed by atoms with Crippen molar-refractivity contribution in [1.82, 2.24) is 15.1 Å². The molecule has 0 saturated carbocycles. The number of nitrogens with one attached hydrogen (secondary N) is 1. The number of aromatic nitrogens is 2. The Morgan fingerprint density at radius 1 is 1.04 bits per heavy atom. The molecule has 0 atom stereocenters. The summed E-state index contributed by atoms with van der Waals surface area (Å²) in [6.45, 7) is -0.494. The first-order valence-electron chi connectivity index (χ1n) is 6.79. The molecule has 0 aliphatic heterocycles. The van der Waals surface area contributed by atoms with E-state index in [-0.39, 0.29) is 11.3 Å². The lowest BCUT2D eigenvalue weighted by molar-refractivity contribution is -0.138. The van der Waals surface area contributed by atoms with Crippen molar-refractivity contribution in [3.05, 3.63) is 47.3 Å². The fourth-order valence-electron chi connectivity index (χ4n) is 1.95. The van der Waals surface area contributed by atoms with Crippen LogP contribution in [-0.2, 0) is 28.5 Å². The van der Waals surface area contributed by atoms with Gasteiger partial charge in [-0.3, -0.25) is 9.59 Å². The number of primary amides is 1.